The number of aliphatic imine (C=N–C) groups is 1. The van der Waals surface area contributed by atoms with Crippen molar-refractivity contribution < 1.29 is 41.8 Å². The predicted octanol–water partition coefficient (Wildman–Crippen LogP) is 5.60. The van der Waals surface area contributed by atoms with Gasteiger partial charge in [0.25, 0.3) is 5.92 Å². The van der Waals surface area contributed by atoms with E-state index < -0.39 is 42.2 Å². The van der Waals surface area contributed by atoms with Gasteiger partial charge in [-0.2, -0.15) is 13.2 Å². The van der Waals surface area contributed by atoms with E-state index in [1.807, 2.05) is 24.3 Å². The predicted molar refractivity (Wildman–Crippen MR) is 135 cm³/mol. The number of benzene rings is 2. The first-order chi connectivity index (χ1) is 18.0. The second kappa shape index (κ2) is 11.3. The number of guanidine groups is 1. The molecule has 39 heavy (non-hydrogen) atoms. The van der Waals surface area contributed by atoms with E-state index in [0.29, 0.717) is 15.6 Å². The van der Waals surface area contributed by atoms with Crippen LogP contribution in [0.25, 0.3) is 11.1 Å². The summed E-state index contributed by atoms with van der Waals surface area (Å²) in [5.41, 5.74) is 7.34. The largest absolute Gasteiger partial charge is 0.490 e. The number of aliphatic carboxylic acids is 1. The summed E-state index contributed by atoms with van der Waals surface area (Å²) >= 11 is 12.9. The normalized spacial score (nSPS) is 24.9. The van der Waals surface area contributed by atoms with Crippen molar-refractivity contribution in [3.05, 3.63) is 58.1 Å². The first-order valence-corrected chi connectivity index (χ1v) is 12.3. The number of aliphatic hydroxyl groups excluding tert-OH is 1. The number of nitrogens with zero attached hydrogens (tertiary/aromatic N) is 2. The number of hydrogen-bond donors (Lipinski definition) is 3. The summed E-state index contributed by atoms with van der Waals surface area (Å²) in [6, 6.07) is 12.1. The molecule has 2 aromatic carbocycles. The number of carboxylic acids is 1. The zero-order chi connectivity index (χ0) is 29.3. The summed E-state index contributed by atoms with van der Waals surface area (Å²) in [5.74, 6) is -6.32. The van der Waals surface area contributed by atoms with Gasteiger partial charge in [-0.1, -0.05) is 53.5 Å². The molecule has 1 fully saturated rings. The molecule has 0 aromatic heterocycles. The van der Waals surface area contributed by atoms with Crippen LogP contribution in [-0.4, -0.2) is 57.2 Å². The van der Waals surface area contributed by atoms with Crippen LogP contribution in [0, 0.1) is 0 Å². The quantitative estimate of drug-likeness (QED) is 0.399. The fourth-order valence-corrected chi connectivity index (χ4v) is 5.16. The Morgan fingerprint density at radius 3 is 2.33 bits per heavy atom. The lowest BCUT2D eigenvalue weighted by Gasteiger charge is -2.43. The van der Waals surface area contributed by atoms with Gasteiger partial charge in [0.1, 0.15) is 6.10 Å². The molecule has 14 heteroatoms. The fourth-order valence-electron chi connectivity index (χ4n) is 4.53. The van der Waals surface area contributed by atoms with Crippen LogP contribution in [0.3, 0.4) is 0 Å². The number of rotatable bonds is 3. The van der Waals surface area contributed by atoms with E-state index in [4.69, 9.17) is 38.8 Å². The standard InChI is InChI=1S/C23H23Cl2F2N3O2.C2HF3O2/c1-22(17-7-3-6-16(20(17)25)13-4-2-5-14(24)10-13)12-19(32)30(21(28)29-22)15-8-9-23(26,27)18(31)11-15;3-2(4,5)1(6)7/h2-7,10,15,18,31H,8-9,11-12H2,1H3,(H2,28,29);(H,6,7)/t15-,18-,22+;/m1./s1. The van der Waals surface area contributed by atoms with Gasteiger partial charge in [0.15, 0.2) is 5.96 Å². The van der Waals surface area contributed by atoms with Crippen molar-refractivity contribution >= 4 is 41.0 Å². The smallest absolute Gasteiger partial charge is 0.475 e. The van der Waals surface area contributed by atoms with Crippen LogP contribution in [0.5, 0.6) is 0 Å². The Labute approximate surface area is 230 Å². The van der Waals surface area contributed by atoms with Crippen LogP contribution in [0.4, 0.5) is 22.0 Å². The molecule has 4 N–H and O–H groups in total. The maximum Gasteiger partial charge on any atom is 0.490 e. The summed E-state index contributed by atoms with van der Waals surface area (Å²) in [6.45, 7) is 1.77. The van der Waals surface area contributed by atoms with Gasteiger partial charge in [0.2, 0.25) is 5.91 Å². The van der Waals surface area contributed by atoms with Gasteiger partial charge in [0, 0.05) is 29.5 Å². The molecule has 1 saturated carbocycles. The Morgan fingerprint density at radius 2 is 1.79 bits per heavy atom. The number of alkyl halides is 5. The fraction of sp³-hybridized carbons (Fsp3) is 0.400. The number of carboxylic acid groups (broad SMARTS) is 1. The number of halogens is 7. The van der Waals surface area contributed by atoms with Gasteiger partial charge < -0.3 is 15.9 Å². The molecule has 7 nitrogen and oxygen atoms in total. The maximum absolute atomic E-state index is 13.7. The molecule has 1 heterocycles. The lowest BCUT2D eigenvalue weighted by atomic mass is 9.84. The molecule has 2 aliphatic rings. The maximum atomic E-state index is 13.7. The van der Waals surface area contributed by atoms with E-state index in [0.717, 1.165) is 11.1 Å². The summed E-state index contributed by atoms with van der Waals surface area (Å²) in [4.78, 5) is 27.8. The van der Waals surface area contributed by atoms with Crippen LogP contribution in [0.15, 0.2) is 47.5 Å². The average Bonchev–Trinajstić information content (AvgIpc) is 2.81. The molecule has 0 bridgehead atoms. The van der Waals surface area contributed by atoms with Gasteiger partial charge in [-0.25, -0.2) is 18.6 Å². The van der Waals surface area contributed by atoms with E-state index in [-0.39, 0.29) is 31.1 Å². The number of carbonyl (C=O) groups excluding carboxylic acids is 1. The van der Waals surface area contributed by atoms with E-state index in [1.54, 1.807) is 25.1 Å². The van der Waals surface area contributed by atoms with Crippen LogP contribution in [0.1, 0.15) is 38.2 Å². The minimum atomic E-state index is -5.08. The Morgan fingerprint density at radius 1 is 1.18 bits per heavy atom. The van der Waals surface area contributed by atoms with Crippen molar-refractivity contribution in [3.8, 4) is 11.1 Å². The highest BCUT2D eigenvalue weighted by Gasteiger charge is 2.48. The topological polar surface area (TPSA) is 116 Å². The molecule has 212 valence electrons. The average molecular weight is 596 g/mol. The van der Waals surface area contributed by atoms with Crippen molar-refractivity contribution in [2.24, 2.45) is 10.7 Å². The lowest BCUT2D eigenvalue weighted by molar-refractivity contribution is -0.192. The summed E-state index contributed by atoms with van der Waals surface area (Å²) in [6.07, 6.45) is -7.67. The number of carbonyl (C=O) groups is 2. The van der Waals surface area contributed by atoms with E-state index >= 15 is 0 Å². The van der Waals surface area contributed by atoms with E-state index in [1.165, 1.54) is 4.90 Å². The Hall–Kier alpha value is -2.96. The third-order valence-corrected chi connectivity index (χ3v) is 7.13. The summed E-state index contributed by atoms with van der Waals surface area (Å²) in [5, 5.41) is 17.9. The second-order valence-electron chi connectivity index (χ2n) is 9.37. The van der Waals surface area contributed by atoms with Crippen molar-refractivity contribution in [2.75, 3.05) is 0 Å². The number of aliphatic hydroxyl groups is 1. The van der Waals surface area contributed by atoms with Crippen LogP contribution in [0.2, 0.25) is 10.0 Å². The first-order valence-electron chi connectivity index (χ1n) is 11.5. The lowest BCUT2D eigenvalue weighted by Crippen LogP contribution is -2.57. The molecular formula is C25H24Cl2F5N3O4. The molecule has 4 rings (SSSR count). The number of amides is 1. The van der Waals surface area contributed by atoms with Crippen LogP contribution in [-0.2, 0) is 15.1 Å². The van der Waals surface area contributed by atoms with Crippen molar-refractivity contribution in [1.29, 1.82) is 0 Å². The highest BCUT2D eigenvalue weighted by Crippen LogP contribution is 2.43. The molecule has 1 aliphatic carbocycles. The molecule has 1 amide bonds. The SMILES string of the molecule is C[C@@]1(c2cccc(-c3cccc(Cl)c3)c2Cl)CC(=O)N([C@@H]2CCC(F)(F)[C@H](O)C2)C(N)=N1.O=C(O)C(F)(F)F. The monoisotopic (exact) mass is 595 g/mol. The van der Waals surface area contributed by atoms with Crippen molar-refractivity contribution in [1.82, 2.24) is 4.90 Å². The minimum absolute atomic E-state index is 0.0323. The van der Waals surface area contributed by atoms with Crippen molar-refractivity contribution in [2.45, 2.75) is 62.4 Å². The van der Waals surface area contributed by atoms with Gasteiger partial charge >= 0.3 is 12.1 Å². The Balaban J connectivity index is 0.000000532. The molecule has 3 atom stereocenters. The van der Waals surface area contributed by atoms with Gasteiger partial charge in [-0.3, -0.25) is 9.69 Å². The van der Waals surface area contributed by atoms with Crippen LogP contribution < -0.4 is 5.73 Å². The zero-order valence-electron chi connectivity index (χ0n) is 20.4. The number of hydrogen-bond acceptors (Lipinski definition) is 5. The summed E-state index contributed by atoms with van der Waals surface area (Å²) in [7, 11) is 0. The second-order valence-corrected chi connectivity index (χ2v) is 10.2. The molecular weight excluding hydrogens is 572 g/mol. The highest BCUT2D eigenvalue weighted by molar-refractivity contribution is 6.34. The molecule has 0 spiro atoms. The summed E-state index contributed by atoms with van der Waals surface area (Å²) < 4.78 is 59.1. The zero-order valence-corrected chi connectivity index (χ0v) is 21.9. The minimum Gasteiger partial charge on any atom is -0.475 e. The Bertz CT molecular complexity index is 1290. The van der Waals surface area contributed by atoms with Gasteiger partial charge in [-0.15, -0.1) is 0 Å². The molecule has 1 aliphatic heterocycles. The van der Waals surface area contributed by atoms with Gasteiger partial charge in [0.05, 0.1) is 17.0 Å². The van der Waals surface area contributed by atoms with E-state index in [2.05, 4.69) is 4.99 Å². The van der Waals surface area contributed by atoms with Gasteiger partial charge in [-0.05, 0) is 36.6 Å². The third-order valence-electron chi connectivity index (χ3n) is 6.49. The van der Waals surface area contributed by atoms with Crippen molar-refractivity contribution in [3.63, 3.8) is 0 Å². The Kier molecular flexibility index (Phi) is 8.83. The molecule has 0 unspecified atom stereocenters. The van der Waals surface area contributed by atoms with Crippen LogP contribution >= 0.6 is 23.2 Å². The highest BCUT2D eigenvalue weighted by atomic mass is 35.5. The third kappa shape index (κ3) is 6.79. The first kappa shape index (κ1) is 30.6. The molecule has 0 saturated heterocycles. The molecule has 2 aromatic rings. The number of nitrogens with two attached hydrogens (primary N) is 1. The van der Waals surface area contributed by atoms with E-state index in [9.17, 15) is 31.9 Å². The molecule has 0 radical (unpaired) electrons.